The van der Waals surface area contributed by atoms with Crippen LogP contribution in [0.3, 0.4) is 0 Å². The van der Waals surface area contributed by atoms with E-state index >= 15 is 0 Å². The molecule has 0 N–H and O–H groups in total. The van der Waals surface area contributed by atoms with Gasteiger partial charge in [-0.15, -0.1) is 15.8 Å². The van der Waals surface area contributed by atoms with Crippen LogP contribution in [0, 0.1) is 26.9 Å². The molecule has 0 saturated heterocycles. The van der Waals surface area contributed by atoms with E-state index in [1.807, 2.05) is 6.92 Å². The van der Waals surface area contributed by atoms with Crippen molar-refractivity contribution < 1.29 is 31.0 Å². The Balaban J connectivity index is -0.0000000856. The van der Waals surface area contributed by atoms with E-state index in [9.17, 15) is 0 Å². The summed E-state index contributed by atoms with van der Waals surface area (Å²) in [5.74, 6) is 0. The third-order valence-corrected chi connectivity index (χ3v) is 10.4. The smallest absolute Gasteiger partial charge is 0 e. The van der Waals surface area contributed by atoms with Gasteiger partial charge in [0.15, 0.2) is 0 Å². The molecule has 0 aromatic carbocycles. The zero-order valence-electron chi connectivity index (χ0n) is 18.1. The van der Waals surface area contributed by atoms with Gasteiger partial charge in [-0.3, -0.25) is 0 Å². The minimum atomic E-state index is 0. The van der Waals surface area contributed by atoms with Crippen LogP contribution in [0.1, 0.15) is 68.7 Å². The Hall–Kier alpha value is 0.599. The molecule has 3 nitrogen and oxygen atoms in total. The molecule has 0 amide bonds. The average Bonchev–Trinajstić information content (AvgIpc) is 2.56. The second-order valence-electron chi connectivity index (χ2n) is 6.35. The quantitative estimate of drug-likeness (QED) is 0.182. The first-order valence-corrected chi connectivity index (χ1v) is 11.9. The minimum Gasteiger partial charge on any atom is -0.344 e. The summed E-state index contributed by atoms with van der Waals surface area (Å²) in [6, 6.07) is 0. The Labute approximate surface area is 177 Å². The van der Waals surface area contributed by atoms with Crippen molar-refractivity contribution in [1.29, 1.82) is 0 Å². The van der Waals surface area contributed by atoms with Gasteiger partial charge in [0.05, 0.1) is 0 Å². The molecule has 6 heteroatoms. The van der Waals surface area contributed by atoms with E-state index in [-0.39, 0.29) is 32.9 Å². The first kappa shape index (κ1) is 41.1. The zero-order valence-corrected chi connectivity index (χ0v) is 21.1. The van der Waals surface area contributed by atoms with E-state index in [0.717, 1.165) is 29.1 Å². The number of hydrogen-bond donors (Lipinski definition) is 0. The van der Waals surface area contributed by atoms with Crippen molar-refractivity contribution in [2.75, 3.05) is 12.3 Å². The minimum absolute atomic E-state index is 0. The summed E-state index contributed by atoms with van der Waals surface area (Å²) < 4.78 is 22.5. The average molecular weight is 444 g/mol. The van der Waals surface area contributed by atoms with E-state index in [2.05, 4.69) is 82.3 Å². The van der Waals surface area contributed by atoms with E-state index in [4.69, 9.17) is 14.0 Å². The first-order valence-electron chi connectivity index (χ1n) is 8.60. The fourth-order valence-corrected chi connectivity index (χ4v) is 8.75. The normalized spacial score (nSPS) is 9.00. The zero-order chi connectivity index (χ0) is 21.6. The maximum atomic E-state index is 7.50. The van der Waals surface area contributed by atoms with Gasteiger partial charge in [-0.1, -0.05) is 62.3 Å². The second kappa shape index (κ2) is 33.2. The molecule has 1 radical (unpaired) electrons. The molecule has 0 heterocycles. The molecule has 0 rings (SSSR count). The topological polar surface area (TPSA) is 59.7 Å². The monoisotopic (exact) mass is 444 g/mol. The predicted octanol–water partition coefficient (Wildman–Crippen LogP) is 6.70. The Morgan fingerprint density at radius 2 is 0.731 bits per heavy atom. The maximum absolute atomic E-state index is 7.50. The summed E-state index contributed by atoms with van der Waals surface area (Å²) in [5.41, 5.74) is 3.63. The predicted molar refractivity (Wildman–Crippen MR) is 112 cm³/mol. The van der Waals surface area contributed by atoms with Gasteiger partial charge in [0.2, 0.25) is 0 Å². The standard InChI is InChI=1S/C14H32P2.C3H7.3CO.Mn/c1-11(2)15(12(3)4)9-10-16(13(5)6)14(7)8;1-3-2;3*1-2;/h11-14H,9-10H2,1-8H3;1,3H2,2H3;;;;/q;-1;;;;. The van der Waals surface area contributed by atoms with Crippen LogP contribution in [0.4, 0.5) is 0 Å². The summed E-state index contributed by atoms with van der Waals surface area (Å²) in [7, 11) is 0.511. The Kier molecular flexibility index (Phi) is 52.5. The number of hydrogen-bond acceptors (Lipinski definition) is 0. The van der Waals surface area contributed by atoms with Crippen LogP contribution in [0.25, 0.3) is 0 Å². The molecular weight excluding hydrogens is 405 g/mol. The van der Waals surface area contributed by atoms with Crippen molar-refractivity contribution in [1.82, 2.24) is 0 Å². The molecule has 0 spiro atoms. The van der Waals surface area contributed by atoms with Gasteiger partial charge < -0.3 is 6.92 Å². The summed E-state index contributed by atoms with van der Waals surface area (Å²) in [4.78, 5) is 0. The van der Waals surface area contributed by atoms with Crippen molar-refractivity contribution in [3.63, 3.8) is 0 Å². The van der Waals surface area contributed by atoms with Gasteiger partial charge in [-0.25, -0.2) is 0 Å². The Morgan fingerprint density at radius 3 is 0.808 bits per heavy atom. The van der Waals surface area contributed by atoms with E-state index in [0.29, 0.717) is 0 Å². The second-order valence-corrected chi connectivity index (χ2v) is 13.4. The fourth-order valence-electron chi connectivity index (χ4n) is 2.46. The molecule has 0 saturated carbocycles. The summed E-state index contributed by atoms with van der Waals surface area (Å²) in [5, 5.41) is 0. The molecule has 155 valence electrons. The largest absolute Gasteiger partial charge is 0.344 e. The molecule has 0 fully saturated rings. The van der Waals surface area contributed by atoms with Crippen LogP contribution in [0.2, 0.25) is 0 Å². The van der Waals surface area contributed by atoms with Crippen LogP contribution in [-0.2, 0) is 31.0 Å². The molecule has 0 atom stereocenters. The number of rotatable bonds is 7. The Bertz CT molecular complexity index is 251. The molecule has 0 aromatic rings. The van der Waals surface area contributed by atoms with E-state index in [1.165, 1.54) is 12.3 Å². The van der Waals surface area contributed by atoms with Gasteiger partial charge in [0.1, 0.15) is 0 Å². The fraction of sp³-hybridized carbons (Fsp3) is 0.800. The van der Waals surface area contributed by atoms with E-state index in [1.54, 1.807) is 0 Å². The van der Waals surface area contributed by atoms with Gasteiger partial charge in [-0.2, -0.15) is 6.42 Å². The van der Waals surface area contributed by atoms with Crippen LogP contribution in [0.5, 0.6) is 0 Å². The molecule has 26 heavy (non-hydrogen) atoms. The van der Waals surface area contributed by atoms with Crippen molar-refractivity contribution >= 4 is 15.8 Å². The van der Waals surface area contributed by atoms with Crippen molar-refractivity contribution in [3.8, 4) is 0 Å². The molecule has 0 aliphatic carbocycles. The Morgan fingerprint density at radius 1 is 0.615 bits per heavy atom. The third-order valence-electron chi connectivity index (χ3n) is 3.27. The van der Waals surface area contributed by atoms with Gasteiger partial charge >= 0.3 is 33.9 Å². The molecule has 0 aromatic heterocycles. The van der Waals surface area contributed by atoms with Crippen molar-refractivity contribution in [3.05, 3.63) is 26.9 Å². The van der Waals surface area contributed by atoms with Crippen LogP contribution in [-0.4, -0.2) is 35.0 Å². The molecule has 0 aliphatic heterocycles. The van der Waals surface area contributed by atoms with E-state index < -0.39 is 0 Å². The summed E-state index contributed by atoms with van der Waals surface area (Å²) >= 11 is 0. The van der Waals surface area contributed by atoms with Crippen molar-refractivity contribution in [2.45, 2.75) is 91.4 Å². The molecule has 0 aliphatic rings. The van der Waals surface area contributed by atoms with Crippen molar-refractivity contribution in [2.24, 2.45) is 0 Å². The molecule has 0 bridgehead atoms. The van der Waals surface area contributed by atoms with Crippen LogP contribution in [0.15, 0.2) is 0 Å². The van der Waals surface area contributed by atoms with Crippen LogP contribution < -0.4 is 0 Å². The molecule has 0 unspecified atom stereocenters. The maximum Gasteiger partial charge on any atom is 0 e. The summed E-state index contributed by atoms with van der Waals surface area (Å²) in [6.45, 7) is 38.3. The first-order chi connectivity index (χ1) is 11.7. The SMILES string of the molecule is CC(C)P(CCP(C(C)C)C(C)C)C(C)C.[C-]#[O+].[C-]#[O+].[C-]#[O+].[CH2-]CC.[Mn]. The van der Waals surface area contributed by atoms with Gasteiger partial charge in [-0.05, 0) is 35.0 Å². The molecular formula is C20H39MnO3P2-. The van der Waals surface area contributed by atoms with Gasteiger partial charge in [0.25, 0.3) is 0 Å². The summed E-state index contributed by atoms with van der Waals surface area (Å²) in [6.07, 6.45) is 4.01. The third kappa shape index (κ3) is 29.4. The van der Waals surface area contributed by atoms with Crippen LogP contribution >= 0.6 is 15.8 Å². The van der Waals surface area contributed by atoms with Gasteiger partial charge in [0, 0.05) is 17.1 Å².